The van der Waals surface area contributed by atoms with Crippen LogP contribution in [0.15, 0.2) is 23.8 Å². The molecule has 1 N–H and O–H groups in total. The lowest BCUT2D eigenvalue weighted by molar-refractivity contribution is -0.137. The molecule has 1 unspecified atom stereocenters. The van der Waals surface area contributed by atoms with E-state index in [1.165, 1.54) is 0 Å². The third-order valence-corrected chi connectivity index (χ3v) is 10.3. The second kappa shape index (κ2) is 7.94. The van der Waals surface area contributed by atoms with Crippen molar-refractivity contribution in [3.8, 4) is 0 Å². The summed E-state index contributed by atoms with van der Waals surface area (Å²) in [6.45, 7) is 6.56. The second-order valence-electron chi connectivity index (χ2n) is 10.6. The molecule has 0 aromatic rings. The zero-order chi connectivity index (χ0) is 21.7. The number of thioether (sulfide) groups is 1. The highest BCUT2D eigenvalue weighted by Crippen LogP contribution is 2.70. The van der Waals surface area contributed by atoms with Crippen molar-refractivity contribution < 1.29 is 18.7 Å². The Hall–Kier alpha value is -0.840. The van der Waals surface area contributed by atoms with Gasteiger partial charge in [0.25, 0.3) is 0 Å². The van der Waals surface area contributed by atoms with E-state index < -0.39 is 23.2 Å². The summed E-state index contributed by atoms with van der Waals surface area (Å²) in [7, 11) is 0. The Balaban J connectivity index is 1.53. The molecule has 5 heteroatoms. The Kier molecular flexibility index (Phi) is 5.91. The third-order valence-electron chi connectivity index (χ3n) is 9.33. The lowest BCUT2D eigenvalue weighted by Gasteiger charge is -2.61. The van der Waals surface area contributed by atoms with Crippen LogP contribution in [0.5, 0.6) is 0 Å². The molecule has 4 aliphatic carbocycles. The highest BCUT2D eigenvalue weighted by molar-refractivity contribution is 7.99. The van der Waals surface area contributed by atoms with Crippen molar-refractivity contribution in [2.75, 3.05) is 11.5 Å². The number of alkyl halides is 2. The van der Waals surface area contributed by atoms with E-state index in [9.17, 15) is 4.79 Å². The maximum atomic E-state index is 16.9. The molecule has 3 saturated carbocycles. The molecule has 2 nitrogen and oxygen atoms in total. The van der Waals surface area contributed by atoms with Crippen molar-refractivity contribution in [3.05, 3.63) is 23.8 Å². The smallest absolute Gasteiger partial charge is 0.304 e. The van der Waals surface area contributed by atoms with Gasteiger partial charge in [-0.3, -0.25) is 4.79 Å². The van der Waals surface area contributed by atoms with E-state index in [2.05, 4.69) is 13.8 Å². The van der Waals surface area contributed by atoms with Crippen LogP contribution in [0.2, 0.25) is 0 Å². The molecule has 30 heavy (non-hydrogen) atoms. The van der Waals surface area contributed by atoms with Crippen LogP contribution in [0.3, 0.4) is 0 Å². The van der Waals surface area contributed by atoms with E-state index in [1.54, 1.807) is 11.8 Å². The van der Waals surface area contributed by atoms with Crippen molar-refractivity contribution in [2.45, 2.75) is 77.6 Å². The predicted molar refractivity (Wildman–Crippen MR) is 119 cm³/mol. The maximum absolute atomic E-state index is 16.9. The molecule has 0 radical (unpaired) electrons. The van der Waals surface area contributed by atoms with Gasteiger partial charge in [0.15, 0.2) is 0 Å². The Morgan fingerprint density at radius 2 is 2.00 bits per heavy atom. The Bertz CT molecular complexity index is 751. The number of carboxylic acid groups (broad SMARTS) is 1. The summed E-state index contributed by atoms with van der Waals surface area (Å²) in [6, 6.07) is 0. The molecule has 0 spiro atoms. The summed E-state index contributed by atoms with van der Waals surface area (Å²) in [5, 5.41) is 8.83. The molecule has 0 saturated heterocycles. The minimum Gasteiger partial charge on any atom is -0.481 e. The van der Waals surface area contributed by atoms with E-state index in [-0.39, 0.29) is 23.7 Å². The summed E-state index contributed by atoms with van der Waals surface area (Å²) in [5.41, 5.74) is -1.41. The molecule has 3 fully saturated rings. The number of carbonyl (C=O) groups is 1. The molecule has 168 valence electrons. The molecule has 0 bridgehead atoms. The number of carboxylic acids is 1. The van der Waals surface area contributed by atoms with Gasteiger partial charge in [-0.25, -0.2) is 8.78 Å². The molecule has 8 atom stereocenters. The van der Waals surface area contributed by atoms with E-state index in [0.29, 0.717) is 42.4 Å². The molecule has 4 rings (SSSR count). The van der Waals surface area contributed by atoms with Gasteiger partial charge in [0.05, 0.1) is 6.42 Å². The number of halogens is 2. The quantitative estimate of drug-likeness (QED) is 0.374. The first-order chi connectivity index (χ1) is 14.1. The Labute approximate surface area is 184 Å². The number of hydrogen-bond acceptors (Lipinski definition) is 2. The van der Waals surface area contributed by atoms with E-state index in [4.69, 9.17) is 5.11 Å². The van der Waals surface area contributed by atoms with Crippen LogP contribution in [0.25, 0.3) is 0 Å². The average Bonchev–Trinajstić information content (AvgIpc) is 2.94. The van der Waals surface area contributed by atoms with Gasteiger partial charge in [0.1, 0.15) is 11.8 Å². The van der Waals surface area contributed by atoms with E-state index in [1.807, 2.05) is 25.2 Å². The third kappa shape index (κ3) is 3.29. The topological polar surface area (TPSA) is 37.3 Å². The molecule has 0 heterocycles. The highest BCUT2D eigenvalue weighted by atomic mass is 32.2. The van der Waals surface area contributed by atoms with Gasteiger partial charge in [-0.1, -0.05) is 32.1 Å². The number of hydrogen-bond donors (Lipinski definition) is 1. The van der Waals surface area contributed by atoms with Gasteiger partial charge < -0.3 is 5.11 Å². The normalized spacial score (nSPS) is 47.2. The van der Waals surface area contributed by atoms with Crippen molar-refractivity contribution >= 4 is 17.7 Å². The minimum atomic E-state index is -1.35. The SMILES string of the molecule is C[C@@H]1C[C@H]2[C@@H]3CC(F)C4=CCC=C[C@]4(C)[C@@]3(F)CC[C@]2(C)[C@H]1CCSCCC(=O)O. The molecular formula is C25H36F2O2S. The zero-order valence-corrected chi connectivity index (χ0v) is 19.3. The highest BCUT2D eigenvalue weighted by Gasteiger charge is 2.68. The van der Waals surface area contributed by atoms with Gasteiger partial charge in [0, 0.05) is 17.1 Å². The van der Waals surface area contributed by atoms with Crippen LogP contribution >= 0.6 is 11.8 Å². The summed E-state index contributed by atoms with van der Waals surface area (Å²) < 4.78 is 32.2. The van der Waals surface area contributed by atoms with Crippen LogP contribution in [-0.4, -0.2) is 34.4 Å². The molecular weight excluding hydrogens is 402 g/mol. The Morgan fingerprint density at radius 1 is 1.23 bits per heavy atom. The monoisotopic (exact) mass is 438 g/mol. The van der Waals surface area contributed by atoms with Gasteiger partial charge >= 0.3 is 5.97 Å². The molecule has 0 amide bonds. The number of rotatable bonds is 6. The summed E-state index contributed by atoms with van der Waals surface area (Å²) in [5.74, 6) is 1.88. The van der Waals surface area contributed by atoms with Gasteiger partial charge in [-0.05, 0) is 79.9 Å². The van der Waals surface area contributed by atoms with Crippen molar-refractivity contribution in [1.29, 1.82) is 0 Å². The first kappa shape index (κ1) is 22.4. The van der Waals surface area contributed by atoms with Crippen LogP contribution in [-0.2, 0) is 4.79 Å². The number of fused-ring (bicyclic) bond motifs is 5. The lowest BCUT2D eigenvalue weighted by Crippen LogP contribution is -2.61. The number of aliphatic carboxylic acids is 1. The molecule has 0 aromatic heterocycles. The molecule has 4 aliphatic rings. The summed E-state index contributed by atoms with van der Waals surface area (Å²) >= 11 is 1.71. The fourth-order valence-corrected chi connectivity index (χ4v) is 8.72. The molecule has 0 aromatic carbocycles. The second-order valence-corrected chi connectivity index (χ2v) is 11.9. The first-order valence-electron chi connectivity index (χ1n) is 11.6. The molecule has 0 aliphatic heterocycles. The lowest BCUT2D eigenvalue weighted by atomic mass is 9.46. The van der Waals surface area contributed by atoms with E-state index in [0.717, 1.165) is 25.0 Å². The Morgan fingerprint density at radius 3 is 2.73 bits per heavy atom. The van der Waals surface area contributed by atoms with Crippen molar-refractivity contribution in [2.24, 2.45) is 34.5 Å². The van der Waals surface area contributed by atoms with Crippen molar-refractivity contribution in [1.82, 2.24) is 0 Å². The summed E-state index contributed by atoms with van der Waals surface area (Å²) in [4.78, 5) is 10.7. The maximum Gasteiger partial charge on any atom is 0.304 e. The fraction of sp³-hybridized carbons (Fsp3) is 0.800. The zero-order valence-electron chi connectivity index (χ0n) is 18.5. The van der Waals surface area contributed by atoms with Crippen LogP contribution in [0.4, 0.5) is 8.78 Å². The van der Waals surface area contributed by atoms with Crippen LogP contribution in [0, 0.1) is 34.5 Å². The minimum absolute atomic E-state index is 0.0582. The largest absolute Gasteiger partial charge is 0.481 e. The average molecular weight is 439 g/mol. The van der Waals surface area contributed by atoms with Crippen LogP contribution < -0.4 is 0 Å². The standard InChI is InChI=1S/C25H36F2O2S/c1-16-14-19-20-15-21(26)18-6-4-5-9-24(18,3)25(20,27)11-10-23(19,2)17(16)7-12-30-13-8-22(28)29/h5-6,9,16-17,19-21H,4,7-8,10-15H2,1-3H3,(H,28,29)/t16-,17+,19+,20+,21?,23-,24+,25-/m1/s1. The predicted octanol–water partition coefficient (Wildman–Crippen LogP) is 6.62. The number of allylic oxidation sites excluding steroid dienone is 4. The van der Waals surface area contributed by atoms with Crippen molar-refractivity contribution in [3.63, 3.8) is 0 Å². The van der Waals surface area contributed by atoms with Gasteiger partial charge in [-0.15, -0.1) is 0 Å². The van der Waals surface area contributed by atoms with Crippen LogP contribution in [0.1, 0.15) is 65.7 Å². The summed E-state index contributed by atoms with van der Waals surface area (Å²) in [6.07, 6.45) is 9.57. The first-order valence-corrected chi connectivity index (χ1v) is 12.8. The van der Waals surface area contributed by atoms with Gasteiger partial charge in [0.2, 0.25) is 0 Å². The van der Waals surface area contributed by atoms with Gasteiger partial charge in [-0.2, -0.15) is 11.8 Å². The van der Waals surface area contributed by atoms with E-state index >= 15 is 8.78 Å². The fourth-order valence-electron chi connectivity index (χ4n) is 7.78.